The average molecular weight is 261 g/mol. The Morgan fingerprint density at radius 1 is 1.11 bits per heavy atom. The van der Waals surface area contributed by atoms with Gasteiger partial charge < -0.3 is 19.4 Å². The predicted octanol–water partition coefficient (Wildman–Crippen LogP) is 1.79. The highest BCUT2D eigenvalue weighted by molar-refractivity contribution is 6.62. The van der Waals surface area contributed by atoms with Gasteiger partial charge in [0.25, 0.3) is 0 Å². The second-order valence-corrected chi connectivity index (χ2v) is 6.12. The molecule has 0 radical (unpaired) electrons. The van der Waals surface area contributed by atoms with Gasteiger partial charge >= 0.3 is 7.12 Å². The Morgan fingerprint density at radius 2 is 1.79 bits per heavy atom. The van der Waals surface area contributed by atoms with E-state index in [1.807, 2.05) is 18.2 Å². The maximum Gasteiger partial charge on any atom is 0.494 e. The molecular weight excluding hydrogens is 241 g/mol. The van der Waals surface area contributed by atoms with Crippen molar-refractivity contribution in [3.8, 4) is 5.75 Å². The number of hydrogen-bond acceptors (Lipinski definition) is 4. The third-order valence-corrected chi connectivity index (χ3v) is 4.21. The lowest BCUT2D eigenvalue weighted by molar-refractivity contribution is 0.00578. The fourth-order valence-corrected chi connectivity index (χ4v) is 2.28. The minimum absolute atomic E-state index is 0.313. The molecule has 1 fully saturated rings. The zero-order chi connectivity index (χ0) is 13.7. The molecule has 102 valence electrons. The van der Waals surface area contributed by atoms with Gasteiger partial charge in [-0.05, 0) is 45.3 Å². The van der Waals surface area contributed by atoms with Crippen LogP contribution in [0.2, 0.25) is 0 Å². The molecule has 2 heterocycles. The molecule has 0 bridgehead atoms. The Bertz CT molecular complexity index is 485. The summed E-state index contributed by atoms with van der Waals surface area (Å²) < 4.78 is 17.7. The minimum Gasteiger partial charge on any atom is -0.490 e. The van der Waals surface area contributed by atoms with E-state index in [0.29, 0.717) is 6.61 Å². The van der Waals surface area contributed by atoms with Crippen LogP contribution in [-0.2, 0) is 9.31 Å². The first kappa shape index (κ1) is 12.8. The molecule has 0 aliphatic carbocycles. The van der Waals surface area contributed by atoms with Crippen molar-refractivity contribution < 1.29 is 14.0 Å². The predicted molar refractivity (Wildman–Crippen MR) is 76.1 cm³/mol. The SMILES string of the molecule is CC1(C)OB(c2ccc3c(c2)OCCN3)OC1(C)C. The van der Waals surface area contributed by atoms with Crippen LogP contribution in [0.15, 0.2) is 18.2 Å². The van der Waals surface area contributed by atoms with Crippen LogP contribution in [0.1, 0.15) is 27.7 Å². The second-order valence-electron chi connectivity index (χ2n) is 6.12. The van der Waals surface area contributed by atoms with E-state index in [0.717, 1.165) is 23.4 Å². The van der Waals surface area contributed by atoms with Crippen LogP contribution in [-0.4, -0.2) is 31.5 Å². The molecule has 1 aromatic rings. The fraction of sp³-hybridized carbons (Fsp3) is 0.571. The first-order valence-corrected chi connectivity index (χ1v) is 6.75. The van der Waals surface area contributed by atoms with Crippen LogP contribution in [0.5, 0.6) is 5.75 Å². The Labute approximate surface area is 114 Å². The molecule has 1 N–H and O–H groups in total. The maximum atomic E-state index is 6.04. The molecule has 0 amide bonds. The topological polar surface area (TPSA) is 39.7 Å². The smallest absolute Gasteiger partial charge is 0.490 e. The molecule has 5 heteroatoms. The van der Waals surface area contributed by atoms with Crippen molar-refractivity contribution in [1.29, 1.82) is 0 Å². The summed E-state index contributed by atoms with van der Waals surface area (Å²) >= 11 is 0. The molecule has 2 aliphatic rings. The van der Waals surface area contributed by atoms with Crippen LogP contribution < -0.4 is 15.5 Å². The van der Waals surface area contributed by atoms with Gasteiger partial charge in [-0.1, -0.05) is 6.07 Å². The van der Waals surface area contributed by atoms with Crippen molar-refractivity contribution in [3.05, 3.63) is 18.2 Å². The van der Waals surface area contributed by atoms with Gasteiger partial charge in [0, 0.05) is 6.54 Å². The van der Waals surface area contributed by atoms with Gasteiger partial charge in [0.1, 0.15) is 12.4 Å². The third-order valence-electron chi connectivity index (χ3n) is 4.21. The van der Waals surface area contributed by atoms with Crippen molar-refractivity contribution in [3.63, 3.8) is 0 Å². The van der Waals surface area contributed by atoms with Crippen LogP contribution in [0.25, 0.3) is 0 Å². The highest BCUT2D eigenvalue weighted by Gasteiger charge is 2.51. The molecule has 0 saturated carbocycles. The first-order valence-electron chi connectivity index (χ1n) is 6.75. The molecule has 1 aromatic carbocycles. The molecule has 0 unspecified atom stereocenters. The fourth-order valence-electron chi connectivity index (χ4n) is 2.28. The van der Waals surface area contributed by atoms with Gasteiger partial charge in [0.05, 0.1) is 16.9 Å². The zero-order valence-electron chi connectivity index (χ0n) is 11.9. The van der Waals surface area contributed by atoms with E-state index in [4.69, 9.17) is 14.0 Å². The van der Waals surface area contributed by atoms with Crippen molar-refractivity contribution in [2.45, 2.75) is 38.9 Å². The number of anilines is 1. The summed E-state index contributed by atoms with van der Waals surface area (Å²) in [7, 11) is -0.333. The summed E-state index contributed by atoms with van der Waals surface area (Å²) in [5.74, 6) is 0.874. The quantitative estimate of drug-likeness (QED) is 0.782. The summed E-state index contributed by atoms with van der Waals surface area (Å²) in [5, 5.41) is 3.31. The van der Waals surface area contributed by atoms with Crippen molar-refractivity contribution in [1.82, 2.24) is 0 Å². The van der Waals surface area contributed by atoms with Crippen molar-refractivity contribution >= 4 is 18.3 Å². The van der Waals surface area contributed by atoms with E-state index in [2.05, 4.69) is 33.0 Å². The number of nitrogens with one attached hydrogen (secondary N) is 1. The van der Waals surface area contributed by atoms with Gasteiger partial charge in [-0.15, -0.1) is 0 Å². The molecule has 1 saturated heterocycles. The van der Waals surface area contributed by atoms with Gasteiger partial charge in [-0.25, -0.2) is 0 Å². The molecule has 3 rings (SSSR count). The van der Waals surface area contributed by atoms with E-state index in [1.165, 1.54) is 0 Å². The molecular formula is C14H20BNO3. The van der Waals surface area contributed by atoms with Gasteiger partial charge in [0.15, 0.2) is 0 Å². The van der Waals surface area contributed by atoms with Gasteiger partial charge in [0.2, 0.25) is 0 Å². The Balaban J connectivity index is 1.88. The minimum atomic E-state index is -0.333. The Hall–Kier alpha value is -1.20. The van der Waals surface area contributed by atoms with Crippen LogP contribution in [0.3, 0.4) is 0 Å². The van der Waals surface area contributed by atoms with Crippen molar-refractivity contribution in [2.75, 3.05) is 18.5 Å². The molecule has 19 heavy (non-hydrogen) atoms. The lowest BCUT2D eigenvalue weighted by Gasteiger charge is -2.32. The monoisotopic (exact) mass is 261 g/mol. The van der Waals surface area contributed by atoms with E-state index in [1.54, 1.807) is 0 Å². The second kappa shape index (κ2) is 4.15. The summed E-state index contributed by atoms with van der Waals surface area (Å²) in [4.78, 5) is 0. The summed E-state index contributed by atoms with van der Waals surface area (Å²) in [6.07, 6.45) is 0. The molecule has 0 spiro atoms. The first-order chi connectivity index (χ1) is 8.89. The number of hydrogen-bond donors (Lipinski definition) is 1. The van der Waals surface area contributed by atoms with Crippen LogP contribution >= 0.6 is 0 Å². The van der Waals surface area contributed by atoms with Crippen LogP contribution in [0.4, 0.5) is 5.69 Å². The standard InChI is InChI=1S/C14H20BNO3/c1-13(2)14(3,4)19-15(18-13)10-5-6-11-12(9-10)17-8-7-16-11/h5-6,9,16H,7-8H2,1-4H3. The maximum absolute atomic E-state index is 6.04. The van der Waals surface area contributed by atoms with E-state index in [-0.39, 0.29) is 18.3 Å². The highest BCUT2D eigenvalue weighted by Crippen LogP contribution is 2.37. The van der Waals surface area contributed by atoms with Gasteiger partial charge in [-0.2, -0.15) is 0 Å². The lowest BCUT2D eigenvalue weighted by Crippen LogP contribution is -2.41. The average Bonchev–Trinajstić information content (AvgIpc) is 2.58. The number of fused-ring (bicyclic) bond motifs is 1. The third kappa shape index (κ3) is 2.11. The number of rotatable bonds is 1. The Morgan fingerprint density at radius 3 is 2.47 bits per heavy atom. The van der Waals surface area contributed by atoms with Crippen molar-refractivity contribution in [2.24, 2.45) is 0 Å². The highest BCUT2D eigenvalue weighted by atomic mass is 16.7. The summed E-state index contributed by atoms with van der Waals surface area (Å²) in [6.45, 7) is 9.78. The summed E-state index contributed by atoms with van der Waals surface area (Å²) in [6, 6.07) is 6.06. The van der Waals surface area contributed by atoms with E-state index in [9.17, 15) is 0 Å². The van der Waals surface area contributed by atoms with E-state index >= 15 is 0 Å². The Kier molecular flexibility index (Phi) is 2.80. The molecule has 2 aliphatic heterocycles. The summed E-state index contributed by atoms with van der Waals surface area (Å²) in [5.41, 5.74) is 1.41. The molecule has 4 nitrogen and oxygen atoms in total. The molecule has 0 aromatic heterocycles. The normalized spacial score (nSPS) is 23.5. The number of benzene rings is 1. The number of ether oxygens (including phenoxy) is 1. The largest absolute Gasteiger partial charge is 0.494 e. The zero-order valence-corrected chi connectivity index (χ0v) is 11.9. The van der Waals surface area contributed by atoms with Crippen LogP contribution in [0, 0.1) is 0 Å². The van der Waals surface area contributed by atoms with E-state index < -0.39 is 0 Å². The lowest BCUT2D eigenvalue weighted by atomic mass is 9.79. The molecule has 0 atom stereocenters. The van der Waals surface area contributed by atoms with Gasteiger partial charge in [-0.3, -0.25) is 0 Å².